The Hall–Kier alpha value is -1.49. The summed E-state index contributed by atoms with van der Waals surface area (Å²) in [5.74, 6) is 0. The van der Waals surface area contributed by atoms with Gasteiger partial charge in [-0.2, -0.15) is 0 Å². The molecule has 1 atom stereocenters. The third-order valence-electron chi connectivity index (χ3n) is 3.13. The lowest BCUT2D eigenvalue weighted by Gasteiger charge is -2.16. The van der Waals surface area contributed by atoms with Crippen LogP contribution in [0.2, 0.25) is 0 Å². The Morgan fingerprint density at radius 2 is 1.90 bits per heavy atom. The zero-order chi connectivity index (χ0) is 13.6. The van der Waals surface area contributed by atoms with E-state index < -0.39 is 0 Å². The molecular weight excluding hydrogens is 284 g/mol. The zero-order valence-corrected chi connectivity index (χ0v) is 12.7. The largest absolute Gasteiger partial charge is 0.303 e. The zero-order valence-electron chi connectivity index (χ0n) is 11.0. The second-order valence-electron chi connectivity index (χ2n) is 4.55. The molecule has 0 saturated carbocycles. The van der Waals surface area contributed by atoms with E-state index in [1.807, 2.05) is 41.0 Å². The van der Waals surface area contributed by atoms with Crippen molar-refractivity contribution in [1.82, 2.24) is 10.3 Å². The molecule has 2 nitrogen and oxygen atoms in total. The summed E-state index contributed by atoms with van der Waals surface area (Å²) in [6.07, 6.45) is 2.88. The lowest BCUT2D eigenvalue weighted by molar-refractivity contribution is 0.536. The Balaban J connectivity index is 1.69. The second kappa shape index (κ2) is 6.79. The van der Waals surface area contributed by atoms with Crippen LogP contribution in [-0.2, 0) is 13.0 Å². The standard InChI is InChI=1S/C16H16N2S2/c1-2-8-17-13(5-1)12-18-15(16-7-4-10-20-16)11-14-6-3-9-19-14/h1-10,15,18H,11-12H2. The molecular formula is C16H16N2S2. The van der Waals surface area contributed by atoms with E-state index in [-0.39, 0.29) is 0 Å². The van der Waals surface area contributed by atoms with Crippen LogP contribution in [0.25, 0.3) is 0 Å². The molecule has 3 heterocycles. The second-order valence-corrected chi connectivity index (χ2v) is 6.56. The molecule has 0 spiro atoms. The van der Waals surface area contributed by atoms with Gasteiger partial charge in [0.15, 0.2) is 0 Å². The Labute approximate surface area is 127 Å². The summed E-state index contributed by atoms with van der Waals surface area (Å²) in [6.45, 7) is 0.800. The maximum absolute atomic E-state index is 4.37. The van der Waals surface area contributed by atoms with Gasteiger partial charge in [0.25, 0.3) is 0 Å². The van der Waals surface area contributed by atoms with E-state index in [1.165, 1.54) is 9.75 Å². The quantitative estimate of drug-likeness (QED) is 0.735. The Morgan fingerprint density at radius 3 is 2.60 bits per heavy atom. The van der Waals surface area contributed by atoms with Gasteiger partial charge in [-0.25, -0.2) is 0 Å². The molecule has 0 aromatic carbocycles. The average molecular weight is 300 g/mol. The van der Waals surface area contributed by atoms with Crippen LogP contribution < -0.4 is 5.32 Å². The van der Waals surface area contributed by atoms with Gasteiger partial charge < -0.3 is 5.32 Å². The number of rotatable bonds is 6. The van der Waals surface area contributed by atoms with Crippen LogP contribution in [0.15, 0.2) is 59.4 Å². The van der Waals surface area contributed by atoms with Crippen molar-refractivity contribution in [2.75, 3.05) is 0 Å². The highest BCUT2D eigenvalue weighted by atomic mass is 32.1. The molecule has 4 heteroatoms. The number of nitrogens with zero attached hydrogens (tertiary/aromatic N) is 1. The van der Waals surface area contributed by atoms with E-state index in [2.05, 4.69) is 51.4 Å². The molecule has 1 unspecified atom stereocenters. The number of hydrogen-bond acceptors (Lipinski definition) is 4. The monoisotopic (exact) mass is 300 g/mol. The molecule has 102 valence electrons. The van der Waals surface area contributed by atoms with Crippen molar-refractivity contribution in [1.29, 1.82) is 0 Å². The first-order chi connectivity index (χ1) is 9.92. The molecule has 3 aromatic heterocycles. The molecule has 0 aliphatic carbocycles. The first-order valence-electron chi connectivity index (χ1n) is 6.61. The summed E-state index contributed by atoms with van der Waals surface area (Å²) in [7, 11) is 0. The van der Waals surface area contributed by atoms with Crippen molar-refractivity contribution in [3.05, 3.63) is 74.9 Å². The van der Waals surface area contributed by atoms with Crippen molar-refractivity contribution in [2.24, 2.45) is 0 Å². The fourth-order valence-electron chi connectivity index (χ4n) is 2.12. The van der Waals surface area contributed by atoms with E-state index in [1.54, 1.807) is 0 Å². The van der Waals surface area contributed by atoms with Gasteiger partial charge in [0.05, 0.1) is 5.69 Å². The van der Waals surface area contributed by atoms with Crippen LogP contribution in [-0.4, -0.2) is 4.98 Å². The molecule has 0 bridgehead atoms. The Bertz CT molecular complexity index is 603. The highest BCUT2D eigenvalue weighted by Crippen LogP contribution is 2.25. The summed E-state index contributed by atoms with van der Waals surface area (Å²) >= 11 is 3.63. The van der Waals surface area contributed by atoms with E-state index in [0.29, 0.717) is 6.04 Å². The maximum atomic E-state index is 4.37. The number of nitrogens with one attached hydrogen (secondary N) is 1. The highest BCUT2D eigenvalue weighted by molar-refractivity contribution is 7.10. The fraction of sp³-hybridized carbons (Fsp3) is 0.188. The fourth-order valence-corrected chi connectivity index (χ4v) is 3.68. The normalized spacial score (nSPS) is 12.4. The van der Waals surface area contributed by atoms with Crippen LogP contribution in [0.5, 0.6) is 0 Å². The molecule has 0 radical (unpaired) electrons. The number of aromatic nitrogens is 1. The molecule has 0 aliphatic heterocycles. The summed E-state index contributed by atoms with van der Waals surface area (Å²) in [4.78, 5) is 7.17. The third kappa shape index (κ3) is 3.54. The predicted molar refractivity (Wildman–Crippen MR) is 86.2 cm³/mol. The van der Waals surface area contributed by atoms with E-state index in [4.69, 9.17) is 0 Å². The van der Waals surface area contributed by atoms with Crippen molar-refractivity contribution >= 4 is 22.7 Å². The minimum atomic E-state index is 0.357. The molecule has 0 fully saturated rings. The topological polar surface area (TPSA) is 24.9 Å². The minimum Gasteiger partial charge on any atom is -0.303 e. The molecule has 3 rings (SSSR count). The van der Waals surface area contributed by atoms with Gasteiger partial charge in [-0.15, -0.1) is 22.7 Å². The Kier molecular flexibility index (Phi) is 4.58. The van der Waals surface area contributed by atoms with Crippen molar-refractivity contribution < 1.29 is 0 Å². The summed E-state index contributed by atoms with van der Waals surface area (Å²) in [5, 5.41) is 7.91. The van der Waals surface area contributed by atoms with Crippen LogP contribution >= 0.6 is 22.7 Å². The van der Waals surface area contributed by atoms with Crippen molar-refractivity contribution in [3.8, 4) is 0 Å². The van der Waals surface area contributed by atoms with Crippen molar-refractivity contribution in [2.45, 2.75) is 19.0 Å². The van der Waals surface area contributed by atoms with Crippen molar-refractivity contribution in [3.63, 3.8) is 0 Å². The predicted octanol–water partition coefficient (Wildman–Crippen LogP) is 4.28. The third-order valence-corrected chi connectivity index (χ3v) is 5.01. The maximum Gasteiger partial charge on any atom is 0.0541 e. The number of thiophene rings is 2. The molecule has 1 N–H and O–H groups in total. The van der Waals surface area contributed by atoms with Gasteiger partial charge >= 0.3 is 0 Å². The minimum absolute atomic E-state index is 0.357. The molecule has 3 aromatic rings. The van der Waals surface area contributed by atoms with E-state index in [9.17, 15) is 0 Å². The lowest BCUT2D eigenvalue weighted by Crippen LogP contribution is -2.22. The highest BCUT2D eigenvalue weighted by Gasteiger charge is 2.13. The lowest BCUT2D eigenvalue weighted by atomic mass is 10.1. The SMILES string of the molecule is c1ccc(CNC(Cc2cccs2)c2cccs2)nc1. The molecule has 0 saturated heterocycles. The average Bonchev–Trinajstić information content (AvgIpc) is 3.17. The van der Waals surface area contributed by atoms with Crippen LogP contribution in [0.4, 0.5) is 0 Å². The number of hydrogen-bond donors (Lipinski definition) is 1. The summed E-state index contributed by atoms with van der Waals surface area (Å²) in [6, 6.07) is 15.0. The summed E-state index contributed by atoms with van der Waals surface area (Å²) < 4.78 is 0. The van der Waals surface area contributed by atoms with E-state index in [0.717, 1.165) is 18.7 Å². The first-order valence-corrected chi connectivity index (χ1v) is 8.37. The molecule has 0 aliphatic rings. The first kappa shape index (κ1) is 13.5. The Morgan fingerprint density at radius 1 is 1.00 bits per heavy atom. The molecule has 0 amide bonds. The smallest absolute Gasteiger partial charge is 0.0541 e. The van der Waals surface area contributed by atoms with Crippen LogP contribution in [0.3, 0.4) is 0 Å². The van der Waals surface area contributed by atoms with E-state index >= 15 is 0 Å². The summed E-state index contributed by atoms with van der Waals surface area (Å²) in [5.41, 5.74) is 1.08. The van der Waals surface area contributed by atoms with Gasteiger partial charge in [-0.3, -0.25) is 4.98 Å². The van der Waals surface area contributed by atoms with Gasteiger partial charge in [-0.05, 0) is 35.0 Å². The van der Waals surface area contributed by atoms with Crippen LogP contribution in [0, 0.1) is 0 Å². The van der Waals surface area contributed by atoms with Gasteiger partial charge in [0.1, 0.15) is 0 Å². The number of pyridine rings is 1. The van der Waals surface area contributed by atoms with Gasteiger partial charge in [-0.1, -0.05) is 18.2 Å². The van der Waals surface area contributed by atoms with Crippen LogP contribution in [0.1, 0.15) is 21.5 Å². The van der Waals surface area contributed by atoms with Gasteiger partial charge in [0, 0.05) is 35.0 Å². The van der Waals surface area contributed by atoms with Gasteiger partial charge in [0.2, 0.25) is 0 Å². The molecule has 20 heavy (non-hydrogen) atoms.